The molecule has 0 aromatic heterocycles. The maximum Gasteiger partial charge on any atom is 0.121 e. The van der Waals surface area contributed by atoms with Crippen LogP contribution in [0, 0.1) is 6.92 Å². The largest absolute Gasteiger partial charge is 0.496 e. The van der Waals surface area contributed by atoms with Gasteiger partial charge in [-0.2, -0.15) is 0 Å². The van der Waals surface area contributed by atoms with Crippen LogP contribution in [0.15, 0.2) is 46.9 Å². The Morgan fingerprint density at radius 2 is 1.95 bits per heavy atom. The summed E-state index contributed by atoms with van der Waals surface area (Å²) in [5.41, 5.74) is 9.77. The van der Waals surface area contributed by atoms with E-state index >= 15 is 0 Å². The summed E-state index contributed by atoms with van der Waals surface area (Å²) in [6.45, 7) is 2.04. The number of ether oxygens (including phenoxy) is 1. The van der Waals surface area contributed by atoms with Crippen LogP contribution < -0.4 is 10.5 Å². The molecule has 100 valence electrons. The fraction of sp³-hybridized carbons (Fsp3) is 0.250. The van der Waals surface area contributed by atoms with Crippen molar-refractivity contribution in [1.82, 2.24) is 0 Å². The molecule has 3 heteroatoms. The van der Waals surface area contributed by atoms with Crippen molar-refractivity contribution in [2.45, 2.75) is 19.4 Å². The molecule has 0 bridgehead atoms. The molecule has 2 rings (SSSR count). The van der Waals surface area contributed by atoms with Crippen LogP contribution in [0.1, 0.15) is 22.7 Å². The third-order valence-corrected chi connectivity index (χ3v) is 4.02. The average Bonchev–Trinajstić information content (AvgIpc) is 2.41. The first kappa shape index (κ1) is 14.1. The molecule has 2 aromatic carbocycles. The maximum atomic E-state index is 6.29. The second-order valence-electron chi connectivity index (χ2n) is 4.63. The summed E-state index contributed by atoms with van der Waals surface area (Å²) in [7, 11) is 1.68. The molecule has 0 aliphatic rings. The van der Waals surface area contributed by atoms with Crippen molar-refractivity contribution >= 4 is 15.9 Å². The number of hydrogen-bond donors (Lipinski definition) is 1. The van der Waals surface area contributed by atoms with Gasteiger partial charge in [0.2, 0.25) is 0 Å². The fourth-order valence-corrected chi connectivity index (χ4v) is 2.60. The van der Waals surface area contributed by atoms with E-state index in [4.69, 9.17) is 10.5 Å². The molecule has 0 saturated carbocycles. The van der Waals surface area contributed by atoms with Gasteiger partial charge < -0.3 is 10.5 Å². The first-order chi connectivity index (χ1) is 9.11. The summed E-state index contributed by atoms with van der Waals surface area (Å²) in [6, 6.07) is 14.3. The van der Waals surface area contributed by atoms with E-state index in [-0.39, 0.29) is 6.04 Å². The van der Waals surface area contributed by atoms with Crippen LogP contribution in [0.5, 0.6) is 5.75 Å². The van der Waals surface area contributed by atoms with Gasteiger partial charge in [-0.05, 0) is 42.2 Å². The molecule has 2 N–H and O–H groups in total. The highest BCUT2D eigenvalue weighted by Gasteiger charge is 2.10. The molecule has 0 spiro atoms. The molecule has 0 radical (unpaired) electrons. The second kappa shape index (κ2) is 6.22. The normalized spacial score (nSPS) is 12.2. The smallest absolute Gasteiger partial charge is 0.121 e. The van der Waals surface area contributed by atoms with Gasteiger partial charge in [-0.3, -0.25) is 0 Å². The Labute approximate surface area is 122 Å². The monoisotopic (exact) mass is 319 g/mol. The van der Waals surface area contributed by atoms with E-state index in [1.54, 1.807) is 7.11 Å². The van der Waals surface area contributed by atoms with E-state index in [0.717, 1.165) is 27.8 Å². The predicted octanol–water partition coefficient (Wildman–Crippen LogP) is 4.01. The van der Waals surface area contributed by atoms with E-state index in [2.05, 4.69) is 28.1 Å². The minimum atomic E-state index is -0.0108. The molecular formula is C16H18BrNO. The molecule has 0 aliphatic carbocycles. The van der Waals surface area contributed by atoms with E-state index in [1.807, 2.05) is 37.3 Å². The van der Waals surface area contributed by atoms with Crippen molar-refractivity contribution in [2.75, 3.05) is 7.11 Å². The molecule has 1 unspecified atom stereocenters. The fourth-order valence-electron chi connectivity index (χ4n) is 2.15. The van der Waals surface area contributed by atoms with Crippen molar-refractivity contribution < 1.29 is 4.74 Å². The van der Waals surface area contributed by atoms with Gasteiger partial charge in [-0.25, -0.2) is 0 Å². The van der Waals surface area contributed by atoms with Crippen LogP contribution in [-0.2, 0) is 6.42 Å². The highest BCUT2D eigenvalue weighted by molar-refractivity contribution is 9.10. The lowest BCUT2D eigenvalue weighted by atomic mass is 9.98. The third kappa shape index (κ3) is 3.37. The highest BCUT2D eigenvalue weighted by atomic mass is 79.9. The van der Waals surface area contributed by atoms with Gasteiger partial charge in [0.1, 0.15) is 5.75 Å². The van der Waals surface area contributed by atoms with E-state index in [9.17, 15) is 0 Å². The highest BCUT2D eigenvalue weighted by Crippen LogP contribution is 2.25. The van der Waals surface area contributed by atoms with E-state index in [0.29, 0.717) is 0 Å². The molecule has 2 aromatic rings. The summed E-state index contributed by atoms with van der Waals surface area (Å²) in [5, 5.41) is 0. The van der Waals surface area contributed by atoms with Gasteiger partial charge in [0.25, 0.3) is 0 Å². The van der Waals surface area contributed by atoms with Crippen LogP contribution in [-0.4, -0.2) is 7.11 Å². The van der Waals surface area contributed by atoms with Gasteiger partial charge >= 0.3 is 0 Å². The number of nitrogens with two attached hydrogens (primary N) is 1. The molecule has 0 aliphatic heterocycles. The number of hydrogen-bond acceptors (Lipinski definition) is 2. The zero-order valence-electron chi connectivity index (χ0n) is 11.2. The van der Waals surface area contributed by atoms with Crippen molar-refractivity contribution in [1.29, 1.82) is 0 Å². The zero-order chi connectivity index (χ0) is 13.8. The molecule has 19 heavy (non-hydrogen) atoms. The van der Waals surface area contributed by atoms with Crippen LogP contribution in [0.25, 0.3) is 0 Å². The van der Waals surface area contributed by atoms with Crippen LogP contribution in [0.3, 0.4) is 0 Å². The Bertz CT molecular complexity index is 568. The first-order valence-electron chi connectivity index (χ1n) is 6.25. The van der Waals surface area contributed by atoms with Crippen molar-refractivity contribution in [3.63, 3.8) is 0 Å². The second-order valence-corrected chi connectivity index (χ2v) is 5.49. The maximum absolute atomic E-state index is 6.29. The Kier molecular flexibility index (Phi) is 4.61. The Balaban J connectivity index is 2.18. The number of rotatable bonds is 4. The molecule has 2 nitrogen and oxygen atoms in total. The summed E-state index contributed by atoms with van der Waals surface area (Å²) < 4.78 is 6.38. The predicted molar refractivity (Wildman–Crippen MR) is 82.5 cm³/mol. The average molecular weight is 320 g/mol. The summed E-state index contributed by atoms with van der Waals surface area (Å²) in [4.78, 5) is 0. The van der Waals surface area contributed by atoms with E-state index < -0.39 is 0 Å². The van der Waals surface area contributed by atoms with Crippen molar-refractivity contribution in [3.05, 3.63) is 63.6 Å². The lowest BCUT2D eigenvalue weighted by molar-refractivity contribution is 0.411. The summed E-state index contributed by atoms with van der Waals surface area (Å²) >= 11 is 3.56. The van der Waals surface area contributed by atoms with Gasteiger partial charge in [0, 0.05) is 10.5 Å². The zero-order valence-corrected chi connectivity index (χ0v) is 12.8. The SMILES string of the molecule is COc1ccc(C(N)Cc2ccccc2Br)cc1C. The van der Waals surface area contributed by atoms with Gasteiger partial charge in [0.15, 0.2) is 0 Å². The molecule has 0 saturated heterocycles. The molecule has 0 fully saturated rings. The lowest BCUT2D eigenvalue weighted by Crippen LogP contribution is -2.13. The topological polar surface area (TPSA) is 35.2 Å². The minimum Gasteiger partial charge on any atom is -0.496 e. The number of methoxy groups -OCH3 is 1. The summed E-state index contributed by atoms with van der Waals surface area (Å²) in [5.74, 6) is 0.900. The van der Waals surface area contributed by atoms with Crippen LogP contribution in [0.2, 0.25) is 0 Å². The number of benzene rings is 2. The van der Waals surface area contributed by atoms with Crippen molar-refractivity contribution in [3.8, 4) is 5.75 Å². The lowest BCUT2D eigenvalue weighted by Gasteiger charge is -2.15. The van der Waals surface area contributed by atoms with Gasteiger partial charge in [-0.1, -0.05) is 46.3 Å². The van der Waals surface area contributed by atoms with Crippen molar-refractivity contribution in [2.24, 2.45) is 5.73 Å². The Morgan fingerprint density at radius 3 is 2.58 bits per heavy atom. The third-order valence-electron chi connectivity index (χ3n) is 3.24. The molecule has 1 atom stereocenters. The number of aryl methyl sites for hydroxylation is 1. The molecule has 0 amide bonds. The Morgan fingerprint density at radius 1 is 1.21 bits per heavy atom. The van der Waals surface area contributed by atoms with Gasteiger partial charge in [-0.15, -0.1) is 0 Å². The first-order valence-corrected chi connectivity index (χ1v) is 7.04. The quantitative estimate of drug-likeness (QED) is 0.924. The number of halogens is 1. The molecule has 0 heterocycles. The standard InChI is InChI=1S/C16H18BrNO/c1-11-9-13(7-8-16(11)19-2)15(18)10-12-5-3-4-6-14(12)17/h3-9,15H,10,18H2,1-2H3. The summed E-state index contributed by atoms with van der Waals surface area (Å²) in [6.07, 6.45) is 0.813. The Hall–Kier alpha value is -1.32. The van der Waals surface area contributed by atoms with Crippen LogP contribution >= 0.6 is 15.9 Å². The molecular weight excluding hydrogens is 302 g/mol. The minimum absolute atomic E-state index is 0.0108. The van der Waals surface area contributed by atoms with Gasteiger partial charge in [0.05, 0.1) is 7.11 Å². The van der Waals surface area contributed by atoms with E-state index in [1.165, 1.54) is 5.56 Å². The van der Waals surface area contributed by atoms with Crippen LogP contribution in [0.4, 0.5) is 0 Å².